The van der Waals surface area contributed by atoms with Crippen LogP contribution in [0.15, 0.2) is 18.2 Å². The van der Waals surface area contributed by atoms with Gasteiger partial charge in [-0.05, 0) is 47.6 Å². The number of para-hydroxylation sites is 1. The van der Waals surface area contributed by atoms with E-state index in [-0.39, 0.29) is 17.9 Å². The first-order valence-electron chi connectivity index (χ1n) is 7.47. The first-order valence-corrected chi connectivity index (χ1v) is 7.88. The third-order valence-electron chi connectivity index (χ3n) is 4.38. The molecule has 8 heteroatoms. The Bertz CT molecular complexity index is 823. The minimum Gasteiger partial charge on any atom is -0.343 e. The number of rotatable bonds is 2. The van der Waals surface area contributed by atoms with Gasteiger partial charge in [-0.15, -0.1) is 0 Å². The van der Waals surface area contributed by atoms with Gasteiger partial charge in [0.15, 0.2) is 5.78 Å². The number of aryl methyl sites for hydroxylation is 2. The number of nitrogens with zero attached hydrogens (tertiary/aromatic N) is 4. The number of benzene rings is 1. The highest BCUT2D eigenvalue weighted by molar-refractivity contribution is 7.71. The number of ketones is 1. The van der Waals surface area contributed by atoms with Crippen molar-refractivity contribution in [3.8, 4) is 5.69 Å². The van der Waals surface area contributed by atoms with Crippen LogP contribution in [0.2, 0.25) is 0 Å². The molecular weight excluding hydrogens is 316 g/mol. The summed E-state index contributed by atoms with van der Waals surface area (Å²) < 4.78 is 14.6. The van der Waals surface area contributed by atoms with Gasteiger partial charge in [-0.2, -0.15) is 4.68 Å². The molecule has 23 heavy (non-hydrogen) atoms. The number of tetrazole rings is 1. The summed E-state index contributed by atoms with van der Waals surface area (Å²) in [6.45, 7) is 4.39. The Morgan fingerprint density at radius 2 is 2.00 bits per heavy atom. The summed E-state index contributed by atoms with van der Waals surface area (Å²) in [6.07, 6.45) is -0.638. The second-order valence-electron chi connectivity index (χ2n) is 5.94. The van der Waals surface area contributed by atoms with Gasteiger partial charge in [0, 0.05) is 6.42 Å². The number of fused-ring (bicyclic) bond motifs is 2. The molecule has 2 aliphatic heterocycles. The van der Waals surface area contributed by atoms with E-state index >= 15 is 0 Å². The highest BCUT2D eigenvalue weighted by atomic mass is 32.1. The van der Waals surface area contributed by atoms with Gasteiger partial charge in [0.2, 0.25) is 11.1 Å². The number of carbonyl (C=O) groups is 1. The number of hydrogen-bond acceptors (Lipinski definition) is 6. The minimum absolute atomic E-state index is 0.0766. The van der Waals surface area contributed by atoms with Crippen molar-refractivity contribution in [2.24, 2.45) is 0 Å². The molecule has 0 radical (unpaired) electrons. The SMILES string of the molecule is Cc1cccc(C)c1-n1nnn([C@H]2CC(=O)[C@H]3OC[C@H]2O3)c1=S. The van der Waals surface area contributed by atoms with Gasteiger partial charge in [-0.1, -0.05) is 18.2 Å². The van der Waals surface area contributed by atoms with Crippen molar-refractivity contribution in [1.29, 1.82) is 0 Å². The molecule has 0 amide bonds. The summed E-state index contributed by atoms with van der Waals surface area (Å²) in [6, 6.07) is 5.73. The van der Waals surface area contributed by atoms with Gasteiger partial charge in [-0.3, -0.25) is 4.79 Å². The van der Waals surface area contributed by atoms with E-state index < -0.39 is 6.29 Å². The molecule has 2 aliphatic rings. The predicted molar refractivity (Wildman–Crippen MR) is 82.9 cm³/mol. The van der Waals surface area contributed by atoms with E-state index in [0.717, 1.165) is 16.8 Å². The minimum atomic E-state index is -0.723. The fourth-order valence-corrected chi connectivity index (χ4v) is 3.51. The monoisotopic (exact) mass is 332 g/mol. The maximum absolute atomic E-state index is 12.0. The second-order valence-corrected chi connectivity index (χ2v) is 6.30. The van der Waals surface area contributed by atoms with Crippen LogP contribution in [-0.4, -0.2) is 44.6 Å². The van der Waals surface area contributed by atoms with Crippen LogP contribution in [-0.2, 0) is 14.3 Å². The lowest BCUT2D eigenvalue weighted by molar-refractivity contribution is -0.156. The number of carbonyl (C=O) groups excluding carboxylic acids is 1. The molecule has 0 aliphatic carbocycles. The zero-order valence-electron chi connectivity index (χ0n) is 12.8. The van der Waals surface area contributed by atoms with E-state index in [1.165, 1.54) is 0 Å². The Hall–Kier alpha value is -1.90. The van der Waals surface area contributed by atoms with E-state index in [1.807, 2.05) is 32.0 Å². The third kappa shape index (κ3) is 2.25. The molecular formula is C15H16N4O3S. The molecule has 4 rings (SSSR count). The van der Waals surface area contributed by atoms with E-state index in [2.05, 4.69) is 10.4 Å². The highest BCUT2D eigenvalue weighted by Crippen LogP contribution is 2.32. The molecule has 3 atom stereocenters. The van der Waals surface area contributed by atoms with Crippen molar-refractivity contribution in [3.05, 3.63) is 34.1 Å². The van der Waals surface area contributed by atoms with Crippen molar-refractivity contribution in [3.63, 3.8) is 0 Å². The standard InChI is InChI=1S/C15H16N4O3S/c1-8-4-3-5-9(2)13(8)19-15(23)18(16-17-19)10-6-11(20)14-21-7-12(10)22-14/h3-5,10,12,14H,6-7H2,1-2H3/t10-,12+,14-/m0/s1. The summed E-state index contributed by atoms with van der Waals surface area (Å²) in [5, 5.41) is 8.39. The topological polar surface area (TPSA) is 71.2 Å². The molecule has 120 valence electrons. The maximum atomic E-state index is 12.0. The Balaban J connectivity index is 1.77. The van der Waals surface area contributed by atoms with Crippen LogP contribution in [0.4, 0.5) is 0 Å². The van der Waals surface area contributed by atoms with Crippen LogP contribution in [0.5, 0.6) is 0 Å². The molecule has 3 heterocycles. The van der Waals surface area contributed by atoms with Gasteiger partial charge in [0.1, 0.15) is 6.10 Å². The zero-order chi connectivity index (χ0) is 16.1. The lowest BCUT2D eigenvalue weighted by atomic mass is 10.0. The van der Waals surface area contributed by atoms with E-state index in [4.69, 9.17) is 21.7 Å². The average Bonchev–Trinajstić information content (AvgIpc) is 3.10. The van der Waals surface area contributed by atoms with Crippen LogP contribution < -0.4 is 0 Å². The molecule has 0 N–H and O–H groups in total. The summed E-state index contributed by atoms with van der Waals surface area (Å²) in [5.74, 6) is -0.0766. The Morgan fingerprint density at radius 3 is 2.74 bits per heavy atom. The van der Waals surface area contributed by atoms with Crippen LogP contribution in [0.3, 0.4) is 0 Å². The van der Waals surface area contributed by atoms with Gasteiger partial charge in [0.05, 0.1) is 18.3 Å². The smallest absolute Gasteiger partial charge is 0.221 e. The van der Waals surface area contributed by atoms with Crippen molar-refractivity contribution in [2.75, 3.05) is 6.61 Å². The summed E-state index contributed by atoms with van der Waals surface area (Å²) in [7, 11) is 0. The summed E-state index contributed by atoms with van der Waals surface area (Å²) in [4.78, 5) is 12.0. The predicted octanol–water partition coefficient (Wildman–Crippen LogP) is 1.67. The van der Waals surface area contributed by atoms with Crippen LogP contribution in [0, 0.1) is 18.6 Å². The lowest BCUT2D eigenvalue weighted by Crippen LogP contribution is -2.37. The number of ether oxygens (including phenoxy) is 2. The molecule has 2 saturated heterocycles. The highest BCUT2D eigenvalue weighted by Gasteiger charge is 2.45. The molecule has 0 unspecified atom stereocenters. The Labute approximate surface area is 137 Å². The average molecular weight is 332 g/mol. The van der Waals surface area contributed by atoms with Crippen LogP contribution >= 0.6 is 12.2 Å². The Morgan fingerprint density at radius 1 is 1.26 bits per heavy atom. The molecule has 2 bridgehead atoms. The molecule has 7 nitrogen and oxygen atoms in total. The molecule has 1 aromatic heterocycles. The zero-order valence-corrected chi connectivity index (χ0v) is 13.6. The molecule has 0 saturated carbocycles. The summed E-state index contributed by atoms with van der Waals surface area (Å²) in [5.41, 5.74) is 3.05. The van der Waals surface area contributed by atoms with Crippen LogP contribution in [0.1, 0.15) is 23.6 Å². The van der Waals surface area contributed by atoms with Gasteiger partial charge in [-0.25, -0.2) is 4.68 Å². The number of hydrogen-bond donors (Lipinski definition) is 0. The van der Waals surface area contributed by atoms with Crippen molar-refractivity contribution >= 4 is 18.0 Å². The quantitative estimate of drug-likeness (QED) is 0.779. The maximum Gasteiger partial charge on any atom is 0.221 e. The van der Waals surface area contributed by atoms with Gasteiger partial charge < -0.3 is 9.47 Å². The third-order valence-corrected chi connectivity index (χ3v) is 4.74. The molecule has 0 spiro atoms. The molecule has 1 aromatic carbocycles. The first kappa shape index (κ1) is 14.7. The number of Topliss-reactive ketones (excluding diaryl/α,β-unsaturated/α-hetero) is 1. The number of aromatic nitrogens is 4. The van der Waals surface area contributed by atoms with Crippen molar-refractivity contribution in [1.82, 2.24) is 19.8 Å². The Kier molecular flexibility index (Phi) is 3.40. The van der Waals surface area contributed by atoms with E-state index in [0.29, 0.717) is 17.8 Å². The first-order chi connectivity index (χ1) is 11.1. The van der Waals surface area contributed by atoms with E-state index in [1.54, 1.807) is 9.36 Å². The van der Waals surface area contributed by atoms with Crippen molar-refractivity contribution in [2.45, 2.75) is 38.7 Å². The van der Waals surface area contributed by atoms with Gasteiger partial charge >= 0.3 is 0 Å². The second kappa shape index (κ2) is 5.33. The van der Waals surface area contributed by atoms with Crippen LogP contribution in [0.25, 0.3) is 5.69 Å². The van der Waals surface area contributed by atoms with Crippen molar-refractivity contribution < 1.29 is 14.3 Å². The fraction of sp³-hybridized carbons (Fsp3) is 0.467. The van der Waals surface area contributed by atoms with Gasteiger partial charge in [0.25, 0.3) is 0 Å². The molecule has 2 aromatic rings. The lowest BCUT2D eigenvalue weighted by Gasteiger charge is -2.25. The fourth-order valence-electron chi connectivity index (χ4n) is 3.21. The van der Waals surface area contributed by atoms with E-state index in [9.17, 15) is 4.79 Å². The normalized spacial score (nSPS) is 26.7. The molecule has 2 fully saturated rings. The largest absolute Gasteiger partial charge is 0.343 e. The summed E-state index contributed by atoms with van der Waals surface area (Å²) >= 11 is 5.55.